The van der Waals surface area contributed by atoms with Crippen LogP contribution in [0.25, 0.3) is 0 Å². The molecule has 1 aromatic rings. The van der Waals surface area contributed by atoms with Crippen LogP contribution in [0.2, 0.25) is 0 Å². The number of rotatable bonds is 6. The van der Waals surface area contributed by atoms with Crippen molar-refractivity contribution in [3.8, 4) is 0 Å². The maximum atomic E-state index is 13.1. The molecule has 1 atom stereocenters. The summed E-state index contributed by atoms with van der Waals surface area (Å²) in [6, 6.07) is 1.69. The number of hydrogen-bond donors (Lipinski definition) is 1. The van der Waals surface area contributed by atoms with Crippen molar-refractivity contribution in [1.82, 2.24) is 20.1 Å². The van der Waals surface area contributed by atoms with E-state index >= 15 is 0 Å². The summed E-state index contributed by atoms with van der Waals surface area (Å²) < 4.78 is 13.1. The zero-order chi connectivity index (χ0) is 14.4. The Morgan fingerprint density at radius 1 is 1.30 bits per heavy atom. The van der Waals surface area contributed by atoms with Gasteiger partial charge in [0.2, 0.25) is 0 Å². The highest BCUT2D eigenvalue weighted by Crippen LogP contribution is 2.11. The van der Waals surface area contributed by atoms with Gasteiger partial charge in [-0.2, -0.15) is 0 Å². The van der Waals surface area contributed by atoms with E-state index in [1.807, 2.05) is 6.92 Å². The van der Waals surface area contributed by atoms with Gasteiger partial charge >= 0.3 is 0 Å². The van der Waals surface area contributed by atoms with Gasteiger partial charge in [0.15, 0.2) is 0 Å². The Balaban J connectivity index is 1.63. The van der Waals surface area contributed by atoms with E-state index in [9.17, 15) is 4.39 Å². The lowest BCUT2D eigenvalue weighted by molar-refractivity contribution is 0.152. The third kappa shape index (κ3) is 4.81. The molecule has 2 rings (SSSR count). The number of nitrogens with zero attached hydrogens (tertiary/aromatic N) is 3. The minimum absolute atomic E-state index is 0.144. The number of halogens is 1. The SMILES string of the molecule is CC(NCCCN1CCN(C)CC1)c1cncc(F)c1. The molecular formula is C15H25FN4. The standard InChI is InChI=1S/C15H25FN4/c1-13(14-10-15(16)12-17-11-14)18-4-3-5-20-8-6-19(2)7-9-20/h10-13,18H,3-9H2,1-2H3. The molecule has 112 valence electrons. The van der Waals surface area contributed by atoms with Gasteiger partial charge in [0, 0.05) is 38.4 Å². The van der Waals surface area contributed by atoms with Gasteiger partial charge in [-0.05, 0) is 45.1 Å². The summed E-state index contributed by atoms with van der Waals surface area (Å²) in [6.45, 7) is 8.79. The second-order valence-corrected chi connectivity index (χ2v) is 5.61. The molecule has 0 amide bonds. The Morgan fingerprint density at radius 2 is 2.05 bits per heavy atom. The lowest BCUT2D eigenvalue weighted by Gasteiger charge is -2.32. The van der Waals surface area contributed by atoms with E-state index in [0.717, 1.165) is 25.1 Å². The first-order valence-electron chi connectivity index (χ1n) is 7.40. The van der Waals surface area contributed by atoms with Crippen LogP contribution in [0.5, 0.6) is 0 Å². The van der Waals surface area contributed by atoms with Crippen LogP contribution in [0.4, 0.5) is 4.39 Å². The fourth-order valence-corrected chi connectivity index (χ4v) is 2.48. The maximum absolute atomic E-state index is 13.1. The van der Waals surface area contributed by atoms with Gasteiger partial charge in [-0.3, -0.25) is 4.98 Å². The molecule has 5 heteroatoms. The predicted molar refractivity (Wildman–Crippen MR) is 79.2 cm³/mol. The van der Waals surface area contributed by atoms with Crippen molar-refractivity contribution in [3.63, 3.8) is 0 Å². The molecule has 20 heavy (non-hydrogen) atoms. The van der Waals surface area contributed by atoms with Crippen molar-refractivity contribution in [2.45, 2.75) is 19.4 Å². The van der Waals surface area contributed by atoms with E-state index in [0.29, 0.717) is 0 Å². The maximum Gasteiger partial charge on any atom is 0.141 e. The quantitative estimate of drug-likeness (QED) is 0.800. The van der Waals surface area contributed by atoms with Crippen LogP contribution in [0.3, 0.4) is 0 Å². The largest absolute Gasteiger partial charge is 0.310 e. The van der Waals surface area contributed by atoms with Crippen molar-refractivity contribution in [3.05, 3.63) is 29.8 Å². The molecule has 1 aliphatic rings. The molecule has 4 nitrogen and oxygen atoms in total. The molecule has 0 radical (unpaired) electrons. The molecule has 0 bridgehead atoms. The summed E-state index contributed by atoms with van der Waals surface area (Å²) in [4.78, 5) is 8.77. The van der Waals surface area contributed by atoms with E-state index in [4.69, 9.17) is 0 Å². The van der Waals surface area contributed by atoms with Crippen molar-refractivity contribution in [2.24, 2.45) is 0 Å². The number of pyridine rings is 1. The predicted octanol–water partition coefficient (Wildman–Crippen LogP) is 1.51. The normalized spacial score (nSPS) is 19.1. The number of piperazine rings is 1. The Bertz CT molecular complexity index is 405. The Labute approximate surface area is 121 Å². The van der Waals surface area contributed by atoms with E-state index < -0.39 is 0 Å². The zero-order valence-electron chi connectivity index (χ0n) is 12.5. The fraction of sp³-hybridized carbons (Fsp3) is 0.667. The molecular weight excluding hydrogens is 255 g/mol. The first-order chi connectivity index (χ1) is 9.65. The highest BCUT2D eigenvalue weighted by atomic mass is 19.1. The first-order valence-corrected chi connectivity index (χ1v) is 7.40. The van der Waals surface area contributed by atoms with Crippen LogP contribution in [0.15, 0.2) is 18.5 Å². The molecule has 1 N–H and O–H groups in total. The van der Waals surface area contributed by atoms with Crippen LogP contribution in [0, 0.1) is 5.82 Å². The average Bonchev–Trinajstić information content (AvgIpc) is 2.45. The van der Waals surface area contributed by atoms with E-state index in [1.165, 1.54) is 32.4 Å². The van der Waals surface area contributed by atoms with Crippen molar-refractivity contribution < 1.29 is 4.39 Å². The van der Waals surface area contributed by atoms with Crippen LogP contribution in [0.1, 0.15) is 24.9 Å². The number of aromatic nitrogens is 1. The molecule has 1 saturated heterocycles. The van der Waals surface area contributed by atoms with Crippen molar-refractivity contribution >= 4 is 0 Å². The average molecular weight is 280 g/mol. The molecule has 1 aromatic heterocycles. The Kier molecular flexibility index (Phi) is 5.88. The van der Waals surface area contributed by atoms with E-state index in [-0.39, 0.29) is 11.9 Å². The van der Waals surface area contributed by atoms with Gasteiger partial charge in [0.25, 0.3) is 0 Å². The van der Waals surface area contributed by atoms with Gasteiger partial charge in [0.05, 0.1) is 6.20 Å². The topological polar surface area (TPSA) is 31.4 Å². The summed E-state index contributed by atoms with van der Waals surface area (Å²) >= 11 is 0. The van der Waals surface area contributed by atoms with Gasteiger partial charge in [0.1, 0.15) is 5.82 Å². The summed E-state index contributed by atoms with van der Waals surface area (Å²) in [6.07, 6.45) is 4.08. The molecule has 0 spiro atoms. The monoisotopic (exact) mass is 280 g/mol. The van der Waals surface area contributed by atoms with Crippen molar-refractivity contribution in [2.75, 3.05) is 46.3 Å². The third-order valence-corrected chi connectivity index (χ3v) is 3.92. The first kappa shape index (κ1) is 15.4. The van der Waals surface area contributed by atoms with Crippen LogP contribution in [-0.4, -0.2) is 61.1 Å². The minimum atomic E-state index is -0.270. The lowest BCUT2D eigenvalue weighted by Crippen LogP contribution is -2.45. The summed E-state index contributed by atoms with van der Waals surface area (Å²) in [7, 11) is 2.17. The second kappa shape index (κ2) is 7.67. The van der Waals surface area contributed by atoms with Gasteiger partial charge in [-0.1, -0.05) is 0 Å². The minimum Gasteiger partial charge on any atom is -0.310 e. The summed E-state index contributed by atoms with van der Waals surface area (Å²) in [5.74, 6) is -0.270. The lowest BCUT2D eigenvalue weighted by atomic mass is 10.1. The van der Waals surface area contributed by atoms with Gasteiger partial charge in [-0.15, -0.1) is 0 Å². The second-order valence-electron chi connectivity index (χ2n) is 5.61. The summed E-state index contributed by atoms with van der Waals surface area (Å²) in [5, 5.41) is 3.43. The van der Waals surface area contributed by atoms with Crippen LogP contribution < -0.4 is 5.32 Å². The zero-order valence-corrected chi connectivity index (χ0v) is 12.5. The Morgan fingerprint density at radius 3 is 2.75 bits per heavy atom. The fourth-order valence-electron chi connectivity index (χ4n) is 2.48. The van der Waals surface area contributed by atoms with Crippen LogP contribution in [-0.2, 0) is 0 Å². The molecule has 0 aromatic carbocycles. The van der Waals surface area contributed by atoms with Crippen LogP contribution >= 0.6 is 0 Å². The highest BCUT2D eigenvalue weighted by Gasteiger charge is 2.13. The van der Waals surface area contributed by atoms with Gasteiger partial charge < -0.3 is 15.1 Å². The molecule has 1 aliphatic heterocycles. The van der Waals surface area contributed by atoms with E-state index in [2.05, 4.69) is 27.1 Å². The molecule has 1 fully saturated rings. The molecule has 2 heterocycles. The number of hydrogen-bond acceptors (Lipinski definition) is 4. The number of nitrogens with one attached hydrogen (secondary N) is 1. The highest BCUT2D eigenvalue weighted by molar-refractivity contribution is 5.14. The molecule has 0 aliphatic carbocycles. The summed E-state index contributed by atoms with van der Waals surface area (Å²) in [5.41, 5.74) is 0.907. The smallest absolute Gasteiger partial charge is 0.141 e. The third-order valence-electron chi connectivity index (χ3n) is 3.92. The molecule has 0 saturated carbocycles. The molecule has 1 unspecified atom stereocenters. The van der Waals surface area contributed by atoms with Crippen molar-refractivity contribution in [1.29, 1.82) is 0 Å². The number of likely N-dealkylation sites (N-methyl/N-ethyl adjacent to an activating group) is 1. The van der Waals surface area contributed by atoms with E-state index in [1.54, 1.807) is 12.3 Å². The Hall–Kier alpha value is -1.04. The van der Waals surface area contributed by atoms with Gasteiger partial charge in [-0.25, -0.2) is 4.39 Å².